The Morgan fingerprint density at radius 2 is 1.31 bits per heavy atom. The maximum atomic E-state index is 12.8. The van der Waals surface area contributed by atoms with E-state index in [1.165, 1.54) is 0 Å². The lowest BCUT2D eigenvalue weighted by molar-refractivity contribution is -0.140. The van der Waals surface area contributed by atoms with Gasteiger partial charge in [-0.3, -0.25) is 4.79 Å². The zero-order valence-corrected chi connectivity index (χ0v) is 16.8. The van der Waals surface area contributed by atoms with Gasteiger partial charge in [0, 0.05) is 29.9 Å². The monoisotopic (exact) mass is 390 g/mol. The maximum Gasteiger partial charge on any atom is 0.193 e. The first-order valence-electron chi connectivity index (χ1n) is 9.86. The molecule has 4 heteroatoms. The highest BCUT2D eigenvalue weighted by atomic mass is 16.7. The topological polar surface area (TPSA) is 44.8 Å². The van der Waals surface area contributed by atoms with E-state index >= 15 is 0 Å². The van der Waals surface area contributed by atoms with Crippen molar-refractivity contribution < 1.29 is 19.0 Å². The molecular weight excluding hydrogens is 364 g/mol. The summed E-state index contributed by atoms with van der Waals surface area (Å²) in [7, 11) is 0. The van der Waals surface area contributed by atoms with E-state index in [1.54, 1.807) is 12.1 Å². The lowest BCUT2D eigenvalue weighted by Crippen LogP contribution is -2.09. The van der Waals surface area contributed by atoms with Crippen LogP contribution in [-0.4, -0.2) is 19.0 Å². The molecule has 0 aliphatic rings. The highest BCUT2D eigenvalue weighted by Gasteiger charge is 2.14. The molecule has 150 valence electrons. The molecule has 0 atom stereocenters. The number of rotatable bonds is 10. The van der Waals surface area contributed by atoms with Gasteiger partial charge in [-0.05, 0) is 43.7 Å². The lowest BCUT2D eigenvalue weighted by Gasteiger charge is -2.17. The van der Waals surface area contributed by atoms with E-state index in [-0.39, 0.29) is 5.78 Å². The summed E-state index contributed by atoms with van der Waals surface area (Å²) in [6, 6.07) is 24.6. The number of benzene rings is 3. The van der Waals surface area contributed by atoms with Gasteiger partial charge in [0.1, 0.15) is 12.4 Å². The smallest absolute Gasteiger partial charge is 0.193 e. The standard InChI is InChI=1S/C25H26O4/c1-3-27-25(28-4-2)22-12-10-20(11-13-22)24(26)21-14-16-23(17-15-21)29-18-19-8-6-5-7-9-19/h5-17,25H,3-4,18H2,1-2H3. The molecule has 0 unspecified atom stereocenters. The van der Waals surface area contributed by atoms with Crippen LogP contribution in [0.3, 0.4) is 0 Å². The van der Waals surface area contributed by atoms with Crippen molar-refractivity contribution >= 4 is 5.78 Å². The molecule has 0 bridgehead atoms. The number of hydrogen-bond acceptors (Lipinski definition) is 4. The predicted octanol–water partition coefficient (Wildman–Crippen LogP) is 5.57. The Bertz CT molecular complexity index is 880. The van der Waals surface area contributed by atoms with Gasteiger partial charge in [0.25, 0.3) is 0 Å². The molecule has 0 saturated carbocycles. The first kappa shape index (κ1) is 20.8. The third-order valence-electron chi connectivity index (χ3n) is 4.45. The summed E-state index contributed by atoms with van der Waals surface area (Å²) in [6.45, 7) is 5.47. The second-order valence-corrected chi connectivity index (χ2v) is 6.49. The van der Waals surface area contributed by atoms with Gasteiger partial charge in [0.2, 0.25) is 0 Å². The van der Waals surface area contributed by atoms with Gasteiger partial charge in [-0.25, -0.2) is 0 Å². The van der Waals surface area contributed by atoms with E-state index in [2.05, 4.69) is 0 Å². The van der Waals surface area contributed by atoms with Crippen LogP contribution in [0.2, 0.25) is 0 Å². The van der Waals surface area contributed by atoms with Gasteiger partial charge in [-0.15, -0.1) is 0 Å². The number of carbonyl (C=O) groups is 1. The third-order valence-corrected chi connectivity index (χ3v) is 4.45. The summed E-state index contributed by atoms with van der Waals surface area (Å²) >= 11 is 0. The summed E-state index contributed by atoms with van der Waals surface area (Å²) in [5.41, 5.74) is 3.24. The molecule has 0 heterocycles. The first-order chi connectivity index (χ1) is 14.2. The molecule has 0 aromatic heterocycles. The largest absolute Gasteiger partial charge is 0.489 e. The van der Waals surface area contributed by atoms with Crippen molar-refractivity contribution in [3.05, 3.63) is 101 Å². The normalized spacial score (nSPS) is 10.9. The summed E-state index contributed by atoms with van der Waals surface area (Å²) in [5, 5.41) is 0. The molecule has 3 aromatic carbocycles. The minimum Gasteiger partial charge on any atom is -0.489 e. The van der Waals surface area contributed by atoms with Crippen molar-refractivity contribution in [3.63, 3.8) is 0 Å². The van der Waals surface area contributed by atoms with Gasteiger partial charge in [0.15, 0.2) is 12.1 Å². The van der Waals surface area contributed by atoms with E-state index in [0.29, 0.717) is 30.9 Å². The van der Waals surface area contributed by atoms with Crippen LogP contribution in [-0.2, 0) is 16.1 Å². The summed E-state index contributed by atoms with van der Waals surface area (Å²) in [4.78, 5) is 12.8. The van der Waals surface area contributed by atoms with Crippen LogP contribution in [0.15, 0.2) is 78.9 Å². The zero-order valence-electron chi connectivity index (χ0n) is 16.8. The van der Waals surface area contributed by atoms with Crippen LogP contribution in [0.4, 0.5) is 0 Å². The van der Waals surface area contributed by atoms with Crippen LogP contribution < -0.4 is 4.74 Å². The summed E-state index contributed by atoms with van der Waals surface area (Å²) in [6.07, 6.45) is -0.407. The first-order valence-corrected chi connectivity index (χ1v) is 9.86. The minimum atomic E-state index is -0.407. The second kappa shape index (κ2) is 10.6. The Morgan fingerprint density at radius 3 is 1.86 bits per heavy atom. The molecule has 0 aliphatic carbocycles. The van der Waals surface area contributed by atoms with Crippen molar-refractivity contribution in [2.45, 2.75) is 26.7 Å². The van der Waals surface area contributed by atoms with Crippen LogP contribution in [0.1, 0.15) is 47.2 Å². The molecule has 0 amide bonds. The Balaban J connectivity index is 1.63. The Morgan fingerprint density at radius 1 is 0.759 bits per heavy atom. The molecule has 29 heavy (non-hydrogen) atoms. The number of hydrogen-bond donors (Lipinski definition) is 0. The Labute approximate surface area is 172 Å². The van der Waals surface area contributed by atoms with E-state index in [0.717, 1.165) is 16.9 Å². The van der Waals surface area contributed by atoms with Gasteiger partial charge in [-0.2, -0.15) is 0 Å². The maximum absolute atomic E-state index is 12.8. The zero-order chi connectivity index (χ0) is 20.5. The fourth-order valence-corrected chi connectivity index (χ4v) is 2.95. The average Bonchev–Trinajstić information content (AvgIpc) is 2.78. The molecule has 0 radical (unpaired) electrons. The quantitative estimate of drug-likeness (QED) is 0.335. The highest BCUT2D eigenvalue weighted by Crippen LogP contribution is 2.21. The summed E-state index contributed by atoms with van der Waals surface area (Å²) < 4.78 is 17.0. The molecule has 3 rings (SSSR count). The van der Waals surface area contributed by atoms with Crippen LogP contribution in [0.5, 0.6) is 5.75 Å². The number of ether oxygens (including phenoxy) is 3. The van der Waals surface area contributed by atoms with Gasteiger partial charge < -0.3 is 14.2 Å². The number of ketones is 1. The van der Waals surface area contributed by atoms with Gasteiger partial charge >= 0.3 is 0 Å². The van der Waals surface area contributed by atoms with Crippen LogP contribution in [0, 0.1) is 0 Å². The van der Waals surface area contributed by atoms with Crippen LogP contribution >= 0.6 is 0 Å². The second-order valence-electron chi connectivity index (χ2n) is 6.49. The van der Waals surface area contributed by atoms with Crippen molar-refractivity contribution in [1.29, 1.82) is 0 Å². The van der Waals surface area contributed by atoms with Gasteiger partial charge in [-0.1, -0.05) is 54.6 Å². The van der Waals surface area contributed by atoms with Gasteiger partial charge in [0.05, 0.1) is 0 Å². The van der Waals surface area contributed by atoms with E-state index < -0.39 is 6.29 Å². The van der Waals surface area contributed by atoms with Crippen molar-refractivity contribution in [2.75, 3.05) is 13.2 Å². The number of carbonyl (C=O) groups excluding carboxylic acids is 1. The van der Waals surface area contributed by atoms with Crippen LogP contribution in [0.25, 0.3) is 0 Å². The fourth-order valence-electron chi connectivity index (χ4n) is 2.95. The highest BCUT2D eigenvalue weighted by molar-refractivity contribution is 6.09. The van der Waals surface area contributed by atoms with Crippen molar-refractivity contribution in [3.8, 4) is 5.75 Å². The molecular formula is C25H26O4. The molecule has 0 saturated heterocycles. The Hall–Kier alpha value is -2.95. The van der Waals surface area contributed by atoms with Crippen molar-refractivity contribution in [2.24, 2.45) is 0 Å². The SMILES string of the molecule is CCOC(OCC)c1ccc(C(=O)c2ccc(OCc3ccccc3)cc2)cc1. The third kappa shape index (κ3) is 5.76. The fraction of sp³-hybridized carbons (Fsp3) is 0.240. The lowest BCUT2D eigenvalue weighted by atomic mass is 10.0. The van der Waals surface area contributed by atoms with E-state index in [1.807, 2.05) is 80.6 Å². The predicted molar refractivity (Wildman–Crippen MR) is 113 cm³/mol. The average molecular weight is 390 g/mol. The molecule has 0 fully saturated rings. The molecule has 0 N–H and O–H groups in total. The molecule has 3 aromatic rings. The minimum absolute atomic E-state index is 0.0319. The van der Waals surface area contributed by atoms with E-state index in [9.17, 15) is 4.79 Å². The van der Waals surface area contributed by atoms with Crippen molar-refractivity contribution in [1.82, 2.24) is 0 Å². The molecule has 0 spiro atoms. The Kier molecular flexibility index (Phi) is 7.56. The molecule has 0 aliphatic heterocycles. The molecule has 4 nitrogen and oxygen atoms in total. The van der Waals surface area contributed by atoms with E-state index in [4.69, 9.17) is 14.2 Å². The summed E-state index contributed by atoms with van der Waals surface area (Å²) in [5.74, 6) is 0.701.